The van der Waals surface area contributed by atoms with Crippen molar-refractivity contribution in [3.8, 4) is 0 Å². The van der Waals surface area contributed by atoms with Crippen molar-refractivity contribution in [2.45, 2.75) is 0 Å². The summed E-state index contributed by atoms with van der Waals surface area (Å²) in [6.07, 6.45) is 1.24. The second kappa shape index (κ2) is 5.74. The summed E-state index contributed by atoms with van der Waals surface area (Å²) in [7, 11) is 0. The topological polar surface area (TPSA) is 42.0 Å². The maximum Gasteiger partial charge on any atom is 0.257 e. The Kier molecular flexibility index (Phi) is 4.24. The van der Waals surface area contributed by atoms with E-state index in [1.54, 1.807) is 0 Å². The minimum absolute atomic E-state index is 0.0245. The molecule has 1 aromatic carbocycles. The zero-order valence-electron chi connectivity index (χ0n) is 9.25. The van der Waals surface area contributed by atoms with Crippen molar-refractivity contribution in [3.05, 3.63) is 57.0 Å². The number of aromatic nitrogens is 1. The molecule has 1 heterocycles. The smallest absolute Gasteiger partial charge is 0.257 e. The van der Waals surface area contributed by atoms with E-state index in [9.17, 15) is 9.18 Å². The van der Waals surface area contributed by atoms with Gasteiger partial charge in [0, 0.05) is 11.2 Å². The Balaban J connectivity index is 2.25. The Hall–Kier alpha value is -1.36. The molecule has 0 atom stereocenters. The first-order chi connectivity index (χ1) is 8.97. The van der Waals surface area contributed by atoms with Crippen LogP contribution >= 0.6 is 34.8 Å². The Labute approximate surface area is 123 Å². The molecule has 98 valence electrons. The summed E-state index contributed by atoms with van der Waals surface area (Å²) < 4.78 is 13.5. The van der Waals surface area contributed by atoms with Crippen molar-refractivity contribution in [2.24, 2.45) is 0 Å². The van der Waals surface area contributed by atoms with Crippen LogP contribution in [-0.2, 0) is 0 Å². The molecule has 1 amide bonds. The van der Waals surface area contributed by atoms with Gasteiger partial charge in [-0.2, -0.15) is 0 Å². The molecule has 0 unspecified atom stereocenters. The number of nitrogens with one attached hydrogen (secondary N) is 1. The lowest BCUT2D eigenvalue weighted by atomic mass is 10.2. The molecule has 0 aliphatic rings. The fourth-order valence-corrected chi connectivity index (χ4v) is 1.77. The van der Waals surface area contributed by atoms with E-state index >= 15 is 0 Å². The molecule has 1 N–H and O–H groups in total. The molecule has 0 fully saturated rings. The number of halogens is 4. The Bertz CT molecular complexity index is 649. The van der Waals surface area contributed by atoms with Crippen LogP contribution in [-0.4, -0.2) is 10.9 Å². The van der Waals surface area contributed by atoms with Crippen LogP contribution in [0.4, 0.5) is 10.1 Å². The van der Waals surface area contributed by atoms with Crippen LogP contribution in [0.5, 0.6) is 0 Å². The number of benzene rings is 1. The molecule has 0 radical (unpaired) electrons. The quantitative estimate of drug-likeness (QED) is 0.832. The lowest BCUT2D eigenvalue weighted by Crippen LogP contribution is -2.13. The van der Waals surface area contributed by atoms with Crippen molar-refractivity contribution >= 4 is 46.4 Å². The van der Waals surface area contributed by atoms with Gasteiger partial charge >= 0.3 is 0 Å². The van der Waals surface area contributed by atoms with Crippen LogP contribution in [0.3, 0.4) is 0 Å². The Morgan fingerprint density at radius 1 is 1.21 bits per heavy atom. The maximum atomic E-state index is 13.5. The van der Waals surface area contributed by atoms with Gasteiger partial charge in [-0.1, -0.05) is 34.8 Å². The van der Waals surface area contributed by atoms with Crippen LogP contribution in [0.2, 0.25) is 15.2 Å². The number of pyridine rings is 1. The number of hydrogen-bond donors (Lipinski definition) is 1. The van der Waals surface area contributed by atoms with E-state index in [1.807, 2.05) is 0 Å². The lowest BCUT2D eigenvalue weighted by molar-refractivity contribution is 0.102. The van der Waals surface area contributed by atoms with Gasteiger partial charge in [0.25, 0.3) is 5.91 Å². The molecule has 0 spiro atoms. The highest BCUT2D eigenvalue weighted by atomic mass is 35.5. The van der Waals surface area contributed by atoms with Crippen molar-refractivity contribution in [2.75, 3.05) is 5.32 Å². The minimum atomic E-state index is -0.592. The number of nitrogens with zero attached hydrogens (tertiary/aromatic N) is 1. The number of amides is 1. The summed E-state index contributed by atoms with van der Waals surface area (Å²) in [5.41, 5.74) is 0.136. The number of hydrogen-bond acceptors (Lipinski definition) is 2. The number of carbonyl (C=O) groups excluding carboxylic acids is 1. The third-order valence-electron chi connectivity index (χ3n) is 2.24. The SMILES string of the molecule is O=C(Nc1cc(Cl)ccc1F)c1cnc(Cl)c(Cl)c1. The third kappa shape index (κ3) is 3.35. The number of carbonyl (C=O) groups is 1. The van der Waals surface area contributed by atoms with E-state index in [1.165, 1.54) is 24.4 Å². The largest absolute Gasteiger partial charge is 0.319 e. The number of rotatable bonds is 2. The molecule has 2 aromatic rings. The summed E-state index contributed by atoms with van der Waals surface area (Å²) >= 11 is 17.1. The average Bonchev–Trinajstić information content (AvgIpc) is 2.37. The van der Waals surface area contributed by atoms with Gasteiger partial charge < -0.3 is 5.32 Å². The Morgan fingerprint density at radius 2 is 1.95 bits per heavy atom. The fourth-order valence-electron chi connectivity index (χ4n) is 1.33. The van der Waals surface area contributed by atoms with Gasteiger partial charge in [0.05, 0.1) is 16.3 Å². The van der Waals surface area contributed by atoms with Crippen LogP contribution in [0.15, 0.2) is 30.5 Å². The zero-order valence-corrected chi connectivity index (χ0v) is 11.5. The molecule has 0 saturated carbocycles. The monoisotopic (exact) mass is 318 g/mol. The van der Waals surface area contributed by atoms with Gasteiger partial charge in [-0.15, -0.1) is 0 Å². The molecule has 0 saturated heterocycles. The first-order valence-corrected chi connectivity index (χ1v) is 6.18. The van der Waals surface area contributed by atoms with Crippen LogP contribution in [0.25, 0.3) is 0 Å². The summed E-state index contributed by atoms with van der Waals surface area (Å²) in [5, 5.41) is 2.91. The summed E-state index contributed by atoms with van der Waals surface area (Å²) in [6.45, 7) is 0. The van der Waals surface area contributed by atoms with E-state index in [4.69, 9.17) is 34.8 Å². The highest BCUT2D eigenvalue weighted by molar-refractivity contribution is 6.41. The zero-order chi connectivity index (χ0) is 14.0. The molecule has 0 aliphatic carbocycles. The first-order valence-electron chi connectivity index (χ1n) is 5.05. The molecule has 7 heteroatoms. The van der Waals surface area contributed by atoms with Crippen molar-refractivity contribution in [1.82, 2.24) is 4.98 Å². The van der Waals surface area contributed by atoms with Gasteiger partial charge in [-0.3, -0.25) is 4.79 Å². The predicted octanol–water partition coefficient (Wildman–Crippen LogP) is 4.43. The van der Waals surface area contributed by atoms with Gasteiger partial charge in [0.2, 0.25) is 0 Å². The molecule has 19 heavy (non-hydrogen) atoms. The maximum absolute atomic E-state index is 13.5. The third-order valence-corrected chi connectivity index (χ3v) is 3.16. The highest BCUT2D eigenvalue weighted by Crippen LogP contribution is 2.22. The molecule has 0 bridgehead atoms. The molecule has 1 aromatic heterocycles. The summed E-state index contributed by atoms with van der Waals surface area (Å²) in [4.78, 5) is 15.6. The molecule has 3 nitrogen and oxygen atoms in total. The lowest BCUT2D eigenvalue weighted by Gasteiger charge is -2.07. The predicted molar refractivity (Wildman–Crippen MR) is 73.6 cm³/mol. The van der Waals surface area contributed by atoms with Crippen LogP contribution < -0.4 is 5.32 Å². The molecular weight excluding hydrogens is 314 g/mol. The molecule has 2 rings (SSSR count). The highest BCUT2D eigenvalue weighted by Gasteiger charge is 2.12. The molecular formula is C12H6Cl3FN2O. The average molecular weight is 320 g/mol. The minimum Gasteiger partial charge on any atom is -0.319 e. The fraction of sp³-hybridized carbons (Fsp3) is 0. The van der Waals surface area contributed by atoms with Crippen LogP contribution in [0, 0.1) is 5.82 Å². The molecule has 0 aliphatic heterocycles. The Morgan fingerprint density at radius 3 is 2.63 bits per heavy atom. The van der Waals surface area contributed by atoms with E-state index < -0.39 is 11.7 Å². The van der Waals surface area contributed by atoms with Crippen LogP contribution in [0.1, 0.15) is 10.4 Å². The van der Waals surface area contributed by atoms with E-state index in [-0.39, 0.29) is 21.4 Å². The van der Waals surface area contributed by atoms with E-state index in [0.29, 0.717) is 5.02 Å². The summed E-state index contributed by atoms with van der Waals surface area (Å²) in [5.74, 6) is -1.15. The normalized spacial score (nSPS) is 10.3. The van der Waals surface area contributed by atoms with Gasteiger partial charge in [0.15, 0.2) is 0 Å². The second-order valence-corrected chi connectivity index (χ2v) is 4.78. The van der Waals surface area contributed by atoms with Crippen molar-refractivity contribution in [3.63, 3.8) is 0 Å². The van der Waals surface area contributed by atoms with Gasteiger partial charge in [-0.25, -0.2) is 9.37 Å². The van der Waals surface area contributed by atoms with E-state index in [0.717, 1.165) is 6.07 Å². The van der Waals surface area contributed by atoms with E-state index in [2.05, 4.69) is 10.3 Å². The van der Waals surface area contributed by atoms with Gasteiger partial charge in [0.1, 0.15) is 11.0 Å². The second-order valence-electron chi connectivity index (χ2n) is 3.57. The first kappa shape index (κ1) is 14.1. The number of anilines is 1. The summed E-state index contributed by atoms with van der Waals surface area (Å²) in [6, 6.07) is 5.19. The van der Waals surface area contributed by atoms with Crippen molar-refractivity contribution in [1.29, 1.82) is 0 Å². The standard InChI is InChI=1S/C12H6Cl3FN2O/c13-7-1-2-9(16)10(4-7)18-12(19)6-3-8(14)11(15)17-5-6/h1-5H,(H,18,19). The van der Waals surface area contributed by atoms with Crippen molar-refractivity contribution < 1.29 is 9.18 Å². The van der Waals surface area contributed by atoms with Gasteiger partial charge in [-0.05, 0) is 24.3 Å².